The molecule has 21 heavy (non-hydrogen) atoms. The molecule has 0 radical (unpaired) electrons. The van der Waals surface area contributed by atoms with Crippen molar-refractivity contribution in [2.24, 2.45) is 5.16 Å². The maximum atomic E-state index is 10.4. The van der Waals surface area contributed by atoms with E-state index >= 15 is 0 Å². The molecule has 0 spiro atoms. The molecule has 6 heteroatoms. The highest BCUT2D eigenvalue weighted by Crippen LogP contribution is 2.19. The van der Waals surface area contributed by atoms with Crippen LogP contribution in [0.4, 0.5) is 0 Å². The number of carboxylic acid groups (broad SMARTS) is 1. The fourth-order valence-corrected chi connectivity index (χ4v) is 2.23. The van der Waals surface area contributed by atoms with E-state index in [-0.39, 0.29) is 10.9 Å². The molecule has 1 saturated carbocycles. The quantitative estimate of drug-likeness (QED) is 0.505. The minimum Gasteiger partial charge on any atom is -0.494 e. The monoisotopic (exact) mass is 313 g/mol. The molecule has 0 heterocycles. The Morgan fingerprint density at radius 1 is 1.38 bits per heavy atom. The Morgan fingerprint density at radius 3 is 2.48 bits per heavy atom. The summed E-state index contributed by atoms with van der Waals surface area (Å²) < 4.78 is 5.15. The molecule has 5 nitrogen and oxygen atoms in total. The minimum atomic E-state index is -0.918. The SMILES string of the molecule is CCOc1ccc(C(=O)O)cc1.O/N=C1/CCCCC1Cl. The normalized spacial score (nSPS) is 19.5. The second kappa shape index (κ2) is 9.23. The zero-order valence-electron chi connectivity index (χ0n) is 12.0. The summed E-state index contributed by atoms with van der Waals surface area (Å²) in [5.41, 5.74) is 1.03. The fraction of sp³-hybridized carbons (Fsp3) is 0.467. The van der Waals surface area contributed by atoms with Gasteiger partial charge >= 0.3 is 5.97 Å². The van der Waals surface area contributed by atoms with Gasteiger partial charge in [-0.2, -0.15) is 0 Å². The van der Waals surface area contributed by atoms with E-state index in [1.54, 1.807) is 12.1 Å². The first-order valence-electron chi connectivity index (χ1n) is 6.89. The first kappa shape index (κ1) is 17.3. The number of ether oxygens (including phenoxy) is 1. The minimum absolute atomic E-state index is 0.0104. The van der Waals surface area contributed by atoms with E-state index in [1.165, 1.54) is 12.1 Å². The van der Waals surface area contributed by atoms with Crippen LogP contribution >= 0.6 is 11.6 Å². The summed E-state index contributed by atoms with van der Waals surface area (Å²) in [4.78, 5) is 10.4. The zero-order valence-corrected chi connectivity index (χ0v) is 12.7. The molecule has 116 valence electrons. The van der Waals surface area contributed by atoms with Crippen LogP contribution in [0.25, 0.3) is 0 Å². The number of hydrogen-bond acceptors (Lipinski definition) is 4. The van der Waals surface area contributed by atoms with Crippen LogP contribution < -0.4 is 4.74 Å². The molecule has 1 aliphatic rings. The van der Waals surface area contributed by atoms with E-state index in [4.69, 9.17) is 26.7 Å². The molecule has 0 bridgehead atoms. The van der Waals surface area contributed by atoms with Gasteiger partial charge in [-0.05, 0) is 50.5 Å². The van der Waals surface area contributed by atoms with Crippen LogP contribution in [0.1, 0.15) is 43.0 Å². The predicted octanol–water partition coefficient (Wildman–Crippen LogP) is 3.78. The van der Waals surface area contributed by atoms with Gasteiger partial charge in [0.2, 0.25) is 0 Å². The summed E-state index contributed by atoms with van der Waals surface area (Å²) >= 11 is 5.79. The molecule has 1 aliphatic carbocycles. The topological polar surface area (TPSA) is 79.1 Å². The first-order valence-corrected chi connectivity index (χ1v) is 7.33. The molecular formula is C15H20ClNO4. The number of alkyl halides is 1. The Balaban J connectivity index is 0.000000219. The van der Waals surface area contributed by atoms with Gasteiger partial charge in [-0.1, -0.05) is 11.6 Å². The van der Waals surface area contributed by atoms with Crippen LogP contribution in [0.15, 0.2) is 29.4 Å². The number of oxime groups is 1. The maximum Gasteiger partial charge on any atom is 0.335 e. The Kier molecular flexibility index (Phi) is 7.61. The Labute approximate surface area is 129 Å². The van der Waals surface area contributed by atoms with Gasteiger partial charge in [0.05, 0.1) is 23.3 Å². The molecule has 1 atom stereocenters. The van der Waals surface area contributed by atoms with Crippen LogP contribution in [0.5, 0.6) is 5.75 Å². The average molecular weight is 314 g/mol. The number of carbonyl (C=O) groups is 1. The number of halogens is 1. The number of aromatic carboxylic acids is 1. The zero-order chi connectivity index (χ0) is 15.7. The van der Waals surface area contributed by atoms with E-state index in [0.717, 1.165) is 31.4 Å². The van der Waals surface area contributed by atoms with Gasteiger partial charge in [-0.3, -0.25) is 0 Å². The number of benzene rings is 1. The molecular weight excluding hydrogens is 294 g/mol. The van der Waals surface area contributed by atoms with Crippen molar-refractivity contribution in [3.05, 3.63) is 29.8 Å². The van der Waals surface area contributed by atoms with E-state index in [0.29, 0.717) is 12.4 Å². The number of hydrogen-bond donors (Lipinski definition) is 2. The molecule has 0 amide bonds. The second-order valence-corrected chi connectivity index (χ2v) is 5.09. The maximum absolute atomic E-state index is 10.4. The first-order chi connectivity index (χ1) is 10.1. The Hall–Kier alpha value is -1.75. The van der Waals surface area contributed by atoms with Crippen LogP contribution in [0.2, 0.25) is 0 Å². The summed E-state index contributed by atoms with van der Waals surface area (Å²) in [5.74, 6) is -0.222. The Morgan fingerprint density at radius 2 is 2.05 bits per heavy atom. The third-order valence-electron chi connectivity index (χ3n) is 3.04. The average Bonchev–Trinajstić information content (AvgIpc) is 2.49. The highest BCUT2D eigenvalue weighted by molar-refractivity contribution is 6.32. The van der Waals surface area contributed by atoms with Crippen molar-refractivity contribution >= 4 is 23.3 Å². The summed E-state index contributed by atoms with van der Waals surface area (Å²) in [6, 6.07) is 6.33. The third kappa shape index (κ3) is 6.04. The molecule has 1 aromatic carbocycles. The van der Waals surface area contributed by atoms with Crippen LogP contribution in [0.3, 0.4) is 0 Å². The molecule has 0 aliphatic heterocycles. The number of carboxylic acids is 1. The molecule has 1 unspecified atom stereocenters. The van der Waals surface area contributed by atoms with Gasteiger partial charge in [0, 0.05) is 0 Å². The Bertz CT molecular complexity index is 473. The van der Waals surface area contributed by atoms with Gasteiger partial charge in [-0.25, -0.2) is 4.79 Å². The van der Waals surface area contributed by atoms with Crippen molar-refractivity contribution in [2.45, 2.75) is 38.0 Å². The number of rotatable bonds is 3. The van der Waals surface area contributed by atoms with Gasteiger partial charge in [0.15, 0.2) is 0 Å². The van der Waals surface area contributed by atoms with Gasteiger partial charge in [0.1, 0.15) is 5.75 Å². The molecule has 1 fully saturated rings. The van der Waals surface area contributed by atoms with Crippen molar-refractivity contribution in [2.75, 3.05) is 6.61 Å². The lowest BCUT2D eigenvalue weighted by molar-refractivity contribution is 0.0697. The van der Waals surface area contributed by atoms with Crippen LogP contribution in [-0.4, -0.2) is 34.0 Å². The summed E-state index contributed by atoms with van der Waals surface area (Å²) in [5, 5.41) is 20.0. The van der Waals surface area contributed by atoms with Crippen molar-refractivity contribution in [3.63, 3.8) is 0 Å². The highest BCUT2D eigenvalue weighted by Gasteiger charge is 2.17. The standard InChI is InChI=1S/C9H10O3.C6H10ClNO/c1-2-12-8-5-3-7(4-6-8)9(10)11;7-5-3-1-2-4-6(5)8-9/h3-6H,2H2,1H3,(H,10,11);5,9H,1-4H2/b;8-6-. The molecule has 0 saturated heterocycles. The van der Waals surface area contributed by atoms with E-state index in [9.17, 15) is 4.79 Å². The van der Waals surface area contributed by atoms with Gasteiger partial charge in [-0.15, -0.1) is 11.6 Å². The van der Waals surface area contributed by atoms with Crippen molar-refractivity contribution in [1.29, 1.82) is 0 Å². The van der Waals surface area contributed by atoms with Gasteiger partial charge < -0.3 is 15.1 Å². The van der Waals surface area contributed by atoms with E-state index < -0.39 is 5.97 Å². The summed E-state index contributed by atoms with van der Waals surface area (Å²) in [6.45, 7) is 2.47. The van der Waals surface area contributed by atoms with Crippen LogP contribution in [-0.2, 0) is 0 Å². The molecule has 2 N–H and O–H groups in total. The van der Waals surface area contributed by atoms with E-state index in [1.807, 2.05) is 6.92 Å². The lowest BCUT2D eigenvalue weighted by Gasteiger charge is -2.15. The second-order valence-electron chi connectivity index (χ2n) is 4.57. The largest absolute Gasteiger partial charge is 0.494 e. The summed E-state index contributed by atoms with van der Waals surface area (Å²) in [6.07, 6.45) is 4.10. The lowest BCUT2D eigenvalue weighted by Crippen LogP contribution is -2.18. The molecule has 2 rings (SSSR count). The van der Waals surface area contributed by atoms with Crippen molar-refractivity contribution in [3.8, 4) is 5.75 Å². The summed E-state index contributed by atoms with van der Waals surface area (Å²) in [7, 11) is 0. The molecule has 1 aromatic rings. The van der Waals surface area contributed by atoms with Crippen LogP contribution in [0, 0.1) is 0 Å². The van der Waals surface area contributed by atoms with Gasteiger partial charge in [0.25, 0.3) is 0 Å². The van der Waals surface area contributed by atoms with Crippen molar-refractivity contribution in [1.82, 2.24) is 0 Å². The van der Waals surface area contributed by atoms with Crippen molar-refractivity contribution < 1.29 is 19.8 Å². The van der Waals surface area contributed by atoms with E-state index in [2.05, 4.69) is 5.16 Å². The smallest absolute Gasteiger partial charge is 0.335 e. The molecule has 0 aromatic heterocycles. The number of nitrogens with zero attached hydrogens (tertiary/aromatic N) is 1. The highest BCUT2D eigenvalue weighted by atomic mass is 35.5. The predicted molar refractivity (Wildman–Crippen MR) is 81.9 cm³/mol. The third-order valence-corrected chi connectivity index (χ3v) is 3.51. The lowest BCUT2D eigenvalue weighted by atomic mass is 9.98. The fourth-order valence-electron chi connectivity index (χ4n) is 1.93.